The van der Waals surface area contributed by atoms with Gasteiger partial charge in [-0.15, -0.1) is 0 Å². The molecule has 0 aliphatic heterocycles. The van der Waals surface area contributed by atoms with Crippen molar-refractivity contribution in [3.05, 3.63) is 53.5 Å². The fourth-order valence-electron chi connectivity index (χ4n) is 1.82. The Balaban J connectivity index is 1.87. The van der Waals surface area contributed by atoms with Gasteiger partial charge < -0.3 is 9.15 Å². The first-order valence-corrected chi connectivity index (χ1v) is 6.57. The summed E-state index contributed by atoms with van der Waals surface area (Å²) in [6.07, 6.45) is 4.21. The van der Waals surface area contributed by atoms with Crippen LogP contribution in [0.4, 0.5) is 0 Å². The van der Waals surface area contributed by atoms with Gasteiger partial charge in [0.25, 0.3) is 0 Å². The first-order valence-electron chi connectivity index (χ1n) is 6.57. The van der Waals surface area contributed by atoms with Gasteiger partial charge in [-0.05, 0) is 42.7 Å². The molecule has 0 fully saturated rings. The highest BCUT2D eigenvalue weighted by Crippen LogP contribution is 2.16. The lowest BCUT2D eigenvalue weighted by Crippen LogP contribution is -1.94. The summed E-state index contributed by atoms with van der Waals surface area (Å²) in [6, 6.07) is 11.5. The van der Waals surface area contributed by atoms with Crippen molar-refractivity contribution >= 4 is 6.29 Å². The second kappa shape index (κ2) is 6.78. The maximum absolute atomic E-state index is 10.5. The molecule has 3 heteroatoms. The summed E-state index contributed by atoms with van der Waals surface area (Å²) in [4.78, 5) is 10.5. The van der Waals surface area contributed by atoms with Gasteiger partial charge in [0.15, 0.2) is 12.0 Å². The summed E-state index contributed by atoms with van der Waals surface area (Å²) in [7, 11) is 0. The minimum Gasteiger partial charge on any atom is -0.486 e. The molecular weight excluding hydrogens is 240 g/mol. The van der Waals surface area contributed by atoms with E-state index in [1.165, 1.54) is 18.4 Å². The molecule has 2 rings (SSSR count). The average molecular weight is 258 g/mol. The SMILES string of the molecule is CCCCc1ccc(OCc2ccc(C=O)o2)cc1. The van der Waals surface area contributed by atoms with Crippen LogP contribution in [0.25, 0.3) is 0 Å². The van der Waals surface area contributed by atoms with Crippen molar-refractivity contribution in [3.8, 4) is 5.75 Å². The van der Waals surface area contributed by atoms with E-state index in [0.29, 0.717) is 24.4 Å². The molecule has 0 unspecified atom stereocenters. The zero-order valence-corrected chi connectivity index (χ0v) is 11.1. The van der Waals surface area contributed by atoms with Crippen LogP contribution in [-0.2, 0) is 13.0 Å². The summed E-state index contributed by atoms with van der Waals surface area (Å²) >= 11 is 0. The van der Waals surface area contributed by atoms with Gasteiger partial charge in [-0.3, -0.25) is 4.79 Å². The van der Waals surface area contributed by atoms with Crippen LogP contribution in [0.3, 0.4) is 0 Å². The summed E-state index contributed by atoms with van der Waals surface area (Å²) in [5, 5.41) is 0. The quantitative estimate of drug-likeness (QED) is 0.704. The molecule has 0 saturated carbocycles. The third-order valence-electron chi connectivity index (χ3n) is 2.92. The normalized spacial score (nSPS) is 10.4. The number of furan rings is 1. The molecule has 0 saturated heterocycles. The van der Waals surface area contributed by atoms with Crippen molar-refractivity contribution in [2.24, 2.45) is 0 Å². The van der Waals surface area contributed by atoms with E-state index in [1.807, 2.05) is 12.1 Å². The highest BCUT2D eigenvalue weighted by Gasteiger charge is 2.02. The van der Waals surface area contributed by atoms with E-state index in [-0.39, 0.29) is 0 Å². The molecular formula is C16H18O3. The van der Waals surface area contributed by atoms with Gasteiger partial charge in [-0.25, -0.2) is 0 Å². The summed E-state index contributed by atoms with van der Waals surface area (Å²) in [5.74, 6) is 1.79. The zero-order valence-electron chi connectivity index (χ0n) is 11.1. The lowest BCUT2D eigenvalue weighted by atomic mass is 10.1. The zero-order chi connectivity index (χ0) is 13.5. The van der Waals surface area contributed by atoms with Gasteiger partial charge in [-0.2, -0.15) is 0 Å². The van der Waals surface area contributed by atoms with E-state index < -0.39 is 0 Å². The van der Waals surface area contributed by atoms with Crippen molar-refractivity contribution in [1.29, 1.82) is 0 Å². The van der Waals surface area contributed by atoms with E-state index in [1.54, 1.807) is 12.1 Å². The van der Waals surface area contributed by atoms with E-state index in [0.717, 1.165) is 12.2 Å². The number of hydrogen-bond acceptors (Lipinski definition) is 3. The predicted molar refractivity (Wildman–Crippen MR) is 73.5 cm³/mol. The van der Waals surface area contributed by atoms with Crippen LogP contribution >= 0.6 is 0 Å². The molecule has 0 spiro atoms. The largest absolute Gasteiger partial charge is 0.486 e. The number of carbonyl (C=O) groups excluding carboxylic acids is 1. The molecule has 0 atom stereocenters. The Morgan fingerprint density at radius 1 is 1.16 bits per heavy atom. The summed E-state index contributed by atoms with van der Waals surface area (Å²) in [5.41, 5.74) is 1.33. The minimum atomic E-state index is 0.327. The third-order valence-corrected chi connectivity index (χ3v) is 2.92. The number of ether oxygens (including phenoxy) is 1. The first kappa shape index (κ1) is 13.4. The smallest absolute Gasteiger partial charge is 0.185 e. The number of aryl methyl sites for hydroxylation is 1. The molecule has 0 radical (unpaired) electrons. The summed E-state index contributed by atoms with van der Waals surface area (Å²) < 4.78 is 10.8. The van der Waals surface area contributed by atoms with Crippen LogP contribution in [-0.4, -0.2) is 6.29 Å². The van der Waals surface area contributed by atoms with Crippen LogP contribution in [0.1, 0.15) is 41.6 Å². The van der Waals surface area contributed by atoms with Gasteiger partial charge >= 0.3 is 0 Å². The van der Waals surface area contributed by atoms with Crippen LogP contribution in [0.5, 0.6) is 5.75 Å². The average Bonchev–Trinajstić information content (AvgIpc) is 2.92. The van der Waals surface area contributed by atoms with Crippen LogP contribution in [0.15, 0.2) is 40.8 Å². The van der Waals surface area contributed by atoms with Crippen LogP contribution in [0.2, 0.25) is 0 Å². The topological polar surface area (TPSA) is 39.4 Å². The Labute approximate surface area is 113 Å². The molecule has 2 aromatic rings. The lowest BCUT2D eigenvalue weighted by molar-refractivity contribution is 0.109. The van der Waals surface area contributed by atoms with E-state index in [4.69, 9.17) is 9.15 Å². The second-order valence-electron chi connectivity index (χ2n) is 4.46. The highest BCUT2D eigenvalue weighted by atomic mass is 16.5. The number of aldehydes is 1. The van der Waals surface area contributed by atoms with Gasteiger partial charge in [0.2, 0.25) is 0 Å². The van der Waals surface area contributed by atoms with Crippen molar-refractivity contribution < 1.29 is 13.9 Å². The molecule has 19 heavy (non-hydrogen) atoms. The number of carbonyl (C=O) groups is 1. The van der Waals surface area contributed by atoms with Crippen molar-refractivity contribution in [1.82, 2.24) is 0 Å². The maximum Gasteiger partial charge on any atom is 0.185 e. The molecule has 1 heterocycles. The van der Waals surface area contributed by atoms with Crippen LogP contribution < -0.4 is 4.74 Å². The summed E-state index contributed by atoms with van der Waals surface area (Å²) in [6.45, 7) is 2.52. The highest BCUT2D eigenvalue weighted by molar-refractivity contribution is 5.70. The van der Waals surface area contributed by atoms with Crippen LogP contribution in [0, 0.1) is 0 Å². The Bertz CT molecular complexity index is 511. The Morgan fingerprint density at radius 2 is 1.95 bits per heavy atom. The molecule has 0 N–H and O–H groups in total. The lowest BCUT2D eigenvalue weighted by Gasteiger charge is -2.05. The maximum atomic E-state index is 10.5. The van der Waals surface area contributed by atoms with Gasteiger partial charge in [-0.1, -0.05) is 25.5 Å². The fourth-order valence-corrected chi connectivity index (χ4v) is 1.82. The van der Waals surface area contributed by atoms with E-state index in [2.05, 4.69) is 19.1 Å². The molecule has 0 aliphatic carbocycles. The number of unbranched alkanes of at least 4 members (excludes halogenated alkanes) is 1. The number of hydrogen-bond donors (Lipinski definition) is 0. The standard InChI is InChI=1S/C16H18O3/c1-2-3-4-13-5-7-14(8-6-13)18-12-16-10-9-15(11-17)19-16/h5-11H,2-4,12H2,1H3. The van der Waals surface area contributed by atoms with Gasteiger partial charge in [0, 0.05) is 0 Å². The molecule has 1 aromatic carbocycles. The van der Waals surface area contributed by atoms with E-state index in [9.17, 15) is 4.79 Å². The van der Waals surface area contributed by atoms with Crippen molar-refractivity contribution in [2.75, 3.05) is 0 Å². The molecule has 1 aromatic heterocycles. The number of benzene rings is 1. The molecule has 3 nitrogen and oxygen atoms in total. The molecule has 0 bridgehead atoms. The first-order chi connectivity index (χ1) is 9.31. The molecule has 0 aliphatic rings. The number of rotatable bonds is 7. The van der Waals surface area contributed by atoms with Crippen molar-refractivity contribution in [2.45, 2.75) is 32.8 Å². The second-order valence-corrected chi connectivity index (χ2v) is 4.46. The fraction of sp³-hybridized carbons (Fsp3) is 0.312. The Hall–Kier alpha value is -2.03. The van der Waals surface area contributed by atoms with Gasteiger partial charge in [0.1, 0.15) is 18.1 Å². The Morgan fingerprint density at radius 3 is 2.58 bits per heavy atom. The van der Waals surface area contributed by atoms with E-state index >= 15 is 0 Å². The van der Waals surface area contributed by atoms with Crippen molar-refractivity contribution in [3.63, 3.8) is 0 Å². The predicted octanol–water partition coefficient (Wildman–Crippen LogP) is 4.01. The van der Waals surface area contributed by atoms with Gasteiger partial charge in [0.05, 0.1) is 0 Å². The molecule has 100 valence electrons. The molecule has 0 amide bonds. The minimum absolute atomic E-state index is 0.327. The Kier molecular flexibility index (Phi) is 4.78. The monoisotopic (exact) mass is 258 g/mol. The third kappa shape index (κ3) is 3.98.